The lowest BCUT2D eigenvalue weighted by Crippen LogP contribution is -2.39. The van der Waals surface area contributed by atoms with Crippen LogP contribution in [-0.4, -0.2) is 45.2 Å². The first kappa shape index (κ1) is 21.5. The Hall–Kier alpha value is -2.73. The summed E-state index contributed by atoms with van der Waals surface area (Å²) in [6, 6.07) is 14.4. The van der Waals surface area contributed by atoms with Crippen molar-refractivity contribution in [3.8, 4) is 17.2 Å². The van der Waals surface area contributed by atoms with E-state index in [1.165, 1.54) is 18.4 Å². The van der Waals surface area contributed by atoms with Crippen LogP contribution in [0.1, 0.15) is 48.9 Å². The van der Waals surface area contributed by atoms with Gasteiger partial charge < -0.3 is 24.4 Å². The summed E-state index contributed by atoms with van der Waals surface area (Å²) in [6.07, 6.45) is 4.38. The van der Waals surface area contributed by atoms with E-state index in [1.807, 2.05) is 35.2 Å². The van der Waals surface area contributed by atoms with Gasteiger partial charge in [-0.1, -0.05) is 18.2 Å². The second kappa shape index (κ2) is 9.60. The third-order valence-corrected chi connectivity index (χ3v) is 6.41. The molecule has 1 heterocycles. The molecule has 0 radical (unpaired) electrons. The summed E-state index contributed by atoms with van der Waals surface area (Å²) in [7, 11) is 4.95. The van der Waals surface area contributed by atoms with Crippen molar-refractivity contribution in [3.63, 3.8) is 0 Å². The third-order valence-electron chi connectivity index (χ3n) is 6.41. The largest absolute Gasteiger partial charge is 0.497 e. The highest BCUT2D eigenvalue weighted by Gasteiger charge is 2.34. The van der Waals surface area contributed by atoms with Gasteiger partial charge in [0.1, 0.15) is 5.75 Å². The molecule has 2 aromatic rings. The van der Waals surface area contributed by atoms with Crippen molar-refractivity contribution in [2.45, 2.75) is 37.8 Å². The summed E-state index contributed by atoms with van der Waals surface area (Å²) < 4.78 is 16.1. The minimum Gasteiger partial charge on any atom is -0.497 e. The fraction of sp³-hybridized carbons (Fsp3) is 0.480. The summed E-state index contributed by atoms with van der Waals surface area (Å²) in [5.41, 5.74) is 2.31. The lowest BCUT2D eigenvalue weighted by molar-refractivity contribution is -0.131. The van der Waals surface area contributed by atoms with Crippen molar-refractivity contribution < 1.29 is 19.0 Å². The highest BCUT2D eigenvalue weighted by Crippen LogP contribution is 2.41. The van der Waals surface area contributed by atoms with E-state index in [4.69, 9.17) is 14.2 Å². The fourth-order valence-electron chi connectivity index (χ4n) is 4.57. The van der Waals surface area contributed by atoms with Gasteiger partial charge in [0.05, 0.1) is 33.9 Å². The Morgan fingerprint density at radius 1 is 1.00 bits per heavy atom. The van der Waals surface area contributed by atoms with Gasteiger partial charge in [0.25, 0.3) is 0 Å². The lowest BCUT2D eigenvalue weighted by Gasteiger charge is -2.27. The summed E-state index contributed by atoms with van der Waals surface area (Å²) in [5.74, 6) is 3.00. The van der Waals surface area contributed by atoms with E-state index in [2.05, 4.69) is 17.4 Å². The van der Waals surface area contributed by atoms with Crippen LogP contribution in [-0.2, 0) is 4.79 Å². The Balaban J connectivity index is 1.43. The second-order valence-electron chi connectivity index (χ2n) is 8.33. The van der Waals surface area contributed by atoms with Crippen molar-refractivity contribution >= 4 is 5.91 Å². The van der Waals surface area contributed by atoms with E-state index in [-0.39, 0.29) is 18.0 Å². The number of likely N-dealkylation sites (tertiary alicyclic amines) is 1. The summed E-state index contributed by atoms with van der Waals surface area (Å²) in [4.78, 5) is 15.2. The van der Waals surface area contributed by atoms with Crippen LogP contribution in [0.25, 0.3) is 0 Å². The molecule has 1 amide bonds. The summed E-state index contributed by atoms with van der Waals surface area (Å²) >= 11 is 0. The van der Waals surface area contributed by atoms with Crippen LogP contribution in [0.5, 0.6) is 17.2 Å². The SMILES string of the molecule is COc1ccc(C(NCC(=O)N2CCCC2c2ccc(OC)c(OC)c2)C2CC2)cc1. The van der Waals surface area contributed by atoms with E-state index in [1.54, 1.807) is 21.3 Å². The predicted octanol–water partition coefficient (Wildman–Crippen LogP) is 4.12. The van der Waals surface area contributed by atoms with E-state index >= 15 is 0 Å². The van der Waals surface area contributed by atoms with E-state index < -0.39 is 0 Å². The molecule has 1 N–H and O–H groups in total. The zero-order valence-electron chi connectivity index (χ0n) is 18.6. The first-order valence-corrected chi connectivity index (χ1v) is 11.0. The van der Waals surface area contributed by atoms with Gasteiger partial charge in [-0.3, -0.25) is 4.79 Å². The number of ether oxygens (including phenoxy) is 3. The zero-order valence-corrected chi connectivity index (χ0v) is 18.6. The standard InChI is InChI=1S/C25H32N2O4/c1-29-20-11-8-18(9-12-20)25(17-6-7-17)26-16-24(28)27-14-4-5-21(27)19-10-13-22(30-2)23(15-19)31-3/h8-13,15,17,21,25-26H,4-7,14,16H2,1-3H3. The number of amides is 1. The van der Waals surface area contributed by atoms with Crippen molar-refractivity contribution in [3.05, 3.63) is 53.6 Å². The maximum absolute atomic E-state index is 13.2. The molecule has 0 bridgehead atoms. The number of rotatable bonds is 9. The number of carbonyl (C=O) groups excluding carboxylic acids is 1. The Morgan fingerprint density at radius 3 is 2.39 bits per heavy atom. The third kappa shape index (κ3) is 4.79. The van der Waals surface area contributed by atoms with Crippen LogP contribution in [0.2, 0.25) is 0 Å². The first-order chi connectivity index (χ1) is 15.1. The number of benzene rings is 2. The second-order valence-corrected chi connectivity index (χ2v) is 8.33. The fourth-order valence-corrected chi connectivity index (χ4v) is 4.57. The number of hydrogen-bond donors (Lipinski definition) is 1. The Labute approximate surface area is 184 Å². The van der Waals surface area contributed by atoms with Crippen molar-refractivity contribution in [2.75, 3.05) is 34.4 Å². The molecule has 2 aromatic carbocycles. The highest BCUT2D eigenvalue weighted by atomic mass is 16.5. The van der Waals surface area contributed by atoms with Crippen LogP contribution in [0.3, 0.4) is 0 Å². The monoisotopic (exact) mass is 424 g/mol. The maximum atomic E-state index is 13.2. The molecule has 2 fully saturated rings. The van der Waals surface area contributed by atoms with Gasteiger partial charge in [-0.2, -0.15) is 0 Å². The number of nitrogens with zero attached hydrogens (tertiary/aromatic N) is 1. The maximum Gasteiger partial charge on any atom is 0.237 e. The Bertz CT molecular complexity index is 895. The first-order valence-electron chi connectivity index (χ1n) is 11.0. The van der Waals surface area contributed by atoms with Gasteiger partial charge in [-0.15, -0.1) is 0 Å². The van der Waals surface area contributed by atoms with E-state index in [0.29, 0.717) is 24.0 Å². The summed E-state index contributed by atoms with van der Waals surface area (Å²) in [6.45, 7) is 1.13. The van der Waals surface area contributed by atoms with Gasteiger partial charge in [-0.25, -0.2) is 0 Å². The Kier molecular flexibility index (Phi) is 6.66. The minimum atomic E-state index is 0.0782. The molecule has 1 saturated carbocycles. The smallest absolute Gasteiger partial charge is 0.237 e. The van der Waals surface area contributed by atoms with Crippen molar-refractivity contribution in [1.29, 1.82) is 0 Å². The molecule has 166 valence electrons. The van der Waals surface area contributed by atoms with E-state index in [9.17, 15) is 4.79 Å². The van der Waals surface area contributed by atoms with Crippen LogP contribution in [0.4, 0.5) is 0 Å². The van der Waals surface area contributed by atoms with Gasteiger partial charge in [0, 0.05) is 12.6 Å². The normalized spacial score (nSPS) is 19.2. The van der Waals surface area contributed by atoms with Gasteiger partial charge >= 0.3 is 0 Å². The molecule has 1 aliphatic carbocycles. The lowest BCUT2D eigenvalue weighted by atomic mass is 10.0. The van der Waals surface area contributed by atoms with Crippen molar-refractivity contribution in [1.82, 2.24) is 10.2 Å². The molecule has 1 saturated heterocycles. The average Bonchev–Trinajstić information content (AvgIpc) is 3.53. The predicted molar refractivity (Wildman–Crippen MR) is 120 cm³/mol. The number of hydrogen-bond acceptors (Lipinski definition) is 5. The topological polar surface area (TPSA) is 60.0 Å². The highest BCUT2D eigenvalue weighted by molar-refractivity contribution is 5.79. The molecular weight excluding hydrogens is 392 g/mol. The molecule has 4 rings (SSSR count). The molecule has 0 spiro atoms. The van der Waals surface area contributed by atoms with Crippen molar-refractivity contribution in [2.24, 2.45) is 5.92 Å². The van der Waals surface area contributed by atoms with Gasteiger partial charge in [0.15, 0.2) is 11.5 Å². The summed E-state index contributed by atoms with van der Waals surface area (Å²) in [5, 5.41) is 3.55. The molecule has 2 aliphatic rings. The minimum absolute atomic E-state index is 0.0782. The molecule has 2 unspecified atom stereocenters. The van der Waals surface area contributed by atoms with Gasteiger partial charge in [-0.05, 0) is 67.0 Å². The molecular formula is C25H32N2O4. The Morgan fingerprint density at radius 2 is 1.74 bits per heavy atom. The average molecular weight is 425 g/mol. The van der Waals surface area contributed by atoms with E-state index in [0.717, 1.165) is 30.7 Å². The zero-order chi connectivity index (χ0) is 21.8. The number of nitrogens with one attached hydrogen (secondary N) is 1. The van der Waals surface area contributed by atoms with Crippen LogP contribution in [0.15, 0.2) is 42.5 Å². The van der Waals surface area contributed by atoms with Gasteiger partial charge in [0.2, 0.25) is 5.91 Å². The number of carbonyl (C=O) groups is 1. The van der Waals surface area contributed by atoms with Crippen LogP contribution >= 0.6 is 0 Å². The van der Waals surface area contributed by atoms with Crippen LogP contribution in [0, 0.1) is 5.92 Å². The molecule has 6 heteroatoms. The molecule has 6 nitrogen and oxygen atoms in total. The molecule has 0 aromatic heterocycles. The quantitative estimate of drug-likeness (QED) is 0.656. The molecule has 1 aliphatic heterocycles. The molecule has 31 heavy (non-hydrogen) atoms. The molecule has 2 atom stereocenters. The van der Waals surface area contributed by atoms with Crippen LogP contribution < -0.4 is 19.5 Å². The number of methoxy groups -OCH3 is 3.